The van der Waals surface area contributed by atoms with Gasteiger partial charge in [0.1, 0.15) is 12.6 Å². The molecule has 2 unspecified atom stereocenters. The monoisotopic (exact) mass is 616 g/mol. The molecule has 0 aromatic rings. The topological polar surface area (TPSA) is 40.5 Å². The zero-order valence-corrected chi connectivity index (χ0v) is 27.0. The zero-order chi connectivity index (χ0) is 24.3. The molecule has 0 bridgehead atoms. The highest BCUT2D eigenvalue weighted by atomic mass is 79.9. The van der Waals surface area contributed by atoms with Gasteiger partial charge in [0.2, 0.25) is 0 Å². The van der Waals surface area contributed by atoms with E-state index < -0.39 is 12.3 Å². The molecule has 0 aliphatic rings. The number of hydrogen-bond donors (Lipinski definition) is 2. The van der Waals surface area contributed by atoms with Gasteiger partial charge in [0.05, 0.1) is 47.7 Å². The molecule has 0 saturated heterocycles. The normalized spacial score (nSPS) is 13.8. The number of quaternary nitrogens is 2. The summed E-state index contributed by atoms with van der Waals surface area (Å²) in [5.74, 6) is 0. The fourth-order valence-corrected chi connectivity index (χ4v) is 4.74. The number of hydrogen-bond acceptors (Lipinski definition) is 2. The van der Waals surface area contributed by atoms with E-state index in [4.69, 9.17) is 0 Å². The van der Waals surface area contributed by atoms with E-state index in [2.05, 4.69) is 42.0 Å². The summed E-state index contributed by atoms with van der Waals surface area (Å²) in [4.78, 5) is 0. The first-order valence-corrected chi connectivity index (χ1v) is 14.2. The van der Waals surface area contributed by atoms with Crippen molar-refractivity contribution < 1.29 is 53.1 Å². The Kier molecular flexibility index (Phi) is 27.9. The third-order valence-corrected chi connectivity index (χ3v) is 7.20. The zero-order valence-electron chi connectivity index (χ0n) is 23.8. The molecular weight excluding hydrogens is 556 g/mol. The molecule has 0 radical (unpaired) electrons. The summed E-state index contributed by atoms with van der Waals surface area (Å²) in [6, 6.07) is 0. The predicted octanol–water partition coefficient (Wildman–Crippen LogP) is 0.498. The molecule has 0 heterocycles. The van der Waals surface area contributed by atoms with E-state index in [9.17, 15) is 10.2 Å². The molecule has 0 aromatic heterocycles. The van der Waals surface area contributed by atoms with Crippen LogP contribution in [0.5, 0.6) is 0 Å². The maximum absolute atomic E-state index is 10.8. The van der Waals surface area contributed by atoms with E-state index in [1.165, 1.54) is 96.3 Å². The lowest BCUT2D eigenvalue weighted by Gasteiger charge is -2.37. The SMILES string of the molecule is CCCCCCCCCC[N+](C)(C)CC(O)CC(O)[N+](C)(C)CCCCCCCCCC.[Br-].[Br-]. The highest BCUT2D eigenvalue weighted by Gasteiger charge is 2.30. The lowest BCUT2D eigenvalue weighted by Crippen LogP contribution is -3.00. The van der Waals surface area contributed by atoms with Crippen LogP contribution < -0.4 is 34.0 Å². The van der Waals surface area contributed by atoms with Crippen LogP contribution in [0.3, 0.4) is 0 Å². The van der Waals surface area contributed by atoms with Crippen molar-refractivity contribution in [2.75, 3.05) is 47.8 Å². The minimum atomic E-state index is -0.488. The van der Waals surface area contributed by atoms with Gasteiger partial charge in [-0.05, 0) is 25.7 Å². The van der Waals surface area contributed by atoms with E-state index in [0.717, 1.165) is 30.5 Å². The van der Waals surface area contributed by atoms with Crippen LogP contribution in [0.25, 0.3) is 0 Å². The summed E-state index contributed by atoms with van der Waals surface area (Å²) in [5, 5.41) is 21.5. The van der Waals surface area contributed by atoms with E-state index in [-0.39, 0.29) is 34.0 Å². The van der Waals surface area contributed by atoms with Crippen LogP contribution in [0, 0.1) is 0 Å². The Balaban J connectivity index is -0.00000480. The predicted molar refractivity (Wildman–Crippen MR) is 141 cm³/mol. The third kappa shape index (κ3) is 23.2. The molecule has 0 aliphatic heterocycles. The molecule has 210 valence electrons. The van der Waals surface area contributed by atoms with Gasteiger partial charge in [-0.3, -0.25) is 0 Å². The van der Waals surface area contributed by atoms with Crippen molar-refractivity contribution in [3.8, 4) is 0 Å². The summed E-state index contributed by atoms with van der Waals surface area (Å²) in [6.07, 6.45) is 20.8. The average Bonchev–Trinajstić information content (AvgIpc) is 2.71. The fraction of sp³-hybridized carbons (Fsp3) is 1.00. The molecule has 2 N–H and O–H groups in total. The molecule has 0 saturated carbocycles. The second-order valence-corrected chi connectivity index (χ2v) is 11.7. The van der Waals surface area contributed by atoms with Gasteiger partial charge >= 0.3 is 0 Å². The number of likely N-dealkylation sites (N-methyl/N-ethyl adjacent to an activating group) is 1. The van der Waals surface area contributed by atoms with Crippen molar-refractivity contribution in [3.05, 3.63) is 0 Å². The second-order valence-electron chi connectivity index (χ2n) is 11.7. The highest BCUT2D eigenvalue weighted by molar-refractivity contribution is 4.58. The van der Waals surface area contributed by atoms with Crippen LogP contribution in [0.15, 0.2) is 0 Å². The second kappa shape index (κ2) is 24.2. The van der Waals surface area contributed by atoms with Gasteiger partial charge < -0.3 is 53.1 Å². The molecule has 34 heavy (non-hydrogen) atoms. The average molecular weight is 619 g/mol. The summed E-state index contributed by atoms with van der Waals surface area (Å²) < 4.78 is 1.44. The Morgan fingerprint density at radius 1 is 0.529 bits per heavy atom. The summed E-state index contributed by atoms with van der Waals surface area (Å²) >= 11 is 0. The minimum Gasteiger partial charge on any atom is -1.00 e. The summed E-state index contributed by atoms with van der Waals surface area (Å²) in [7, 11) is 8.66. The molecule has 0 spiro atoms. The number of unbranched alkanes of at least 4 members (excludes halogenated alkanes) is 14. The molecule has 0 aliphatic carbocycles. The lowest BCUT2D eigenvalue weighted by atomic mass is 10.1. The fourth-order valence-electron chi connectivity index (χ4n) is 4.74. The van der Waals surface area contributed by atoms with Crippen LogP contribution >= 0.6 is 0 Å². The Labute approximate surface area is 235 Å². The van der Waals surface area contributed by atoms with Gasteiger partial charge in [-0.2, -0.15) is 0 Å². The molecule has 0 amide bonds. The Morgan fingerprint density at radius 3 is 1.29 bits per heavy atom. The third-order valence-electron chi connectivity index (χ3n) is 7.20. The molecule has 6 heteroatoms. The maximum atomic E-state index is 10.8. The van der Waals surface area contributed by atoms with Gasteiger partial charge in [-0.1, -0.05) is 90.9 Å². The minimum absolute atomic E-state index is 0. The van der Waals surface area contributed by atoms with Gasteiger partial charge in [-0.15, -0.1) is 0 Å². The molecule has 2 atom stereocenters. The smallest absolute Gasteiger partial charge is 0.192 e. The van der Waals surface area contributed by atoms with Crippen LogP contribution in [0.1, 0.15) is 123 Å². The Morgan fingerprint density at radius 2 is 0.882 bits per heavy atom. The maximum Gasteiger partial charge on any atom is 0.192 e. The summed E-state index contributed by atoms with van der Waals surface area (Å²) in [6.45, 7) is 7.35. The first-order valence-electron chi connectivity index (χ1n) is 14.2. The molecule has 0 aromatic carbocycles. The van der Waals surface area contributed by atoms with Gasteiger partial charge in [-0.25, -0.2) is 0 Å². The largest absolute Gasteiger partial charge is 1.00 e. The van der Waals surface area contributed by atoms with E-state index in [1.54, 1.807) is 0 Å². The van der Waals surface area contributed by atoms with E-state index >= 15 is 0 Å². The van der Waals surface area contributed by atoms with Gasteiger partial charge in [0.25, 0.3) is 0 Å². The first-order chi connectivity index (χ1) is 15.1. The molecule has 4 nitrogen and oxygen atoms in total. The van der Waals surface area contributed by atoms with E-state index in [0.29, 0.717) is 10.9 Å². The van der Waals surface area contributed by atoms with Crippen molar-refractivity contribution in [1.82, 2.24) is 0 Å². The lowest BCUT2D eigenvalue weighted by molar-refractivity contribution is -0.939. The van der Waals surface area contributed by atoms with Crippen LogP contribution in [-0.2, 0) is 0 Å². The number of rotatable bonds is 23. The van der Waals surface area contributed by atoms with Crippen molar-refractivity contribution in [1.29, 1.82) is 0 Å². The molecular formula is C28H62Br2N2O2. The van der Waals surface area contributed by atoms with Gasteiger partial charge in [0, 0.05) is 0 Å². The number of nitrogens with zero attached hydrogens (tertiary/aromatic N) is 2. The number of halogens is 2. The number of aliphatic hydroxyl groups is 2. The van der Waals surface area contributed by atoms with Crippen molar-refractivity contribution in [2.24, 2.45) is 0 Å². The van der Waals surface area contributed by atoms with Crippen LogP contribution in [0.4, 0.5) is 0 Å². The van der Waals surface area contributed by atoms with Crippen molar-refractivity contribution in [3.63, 3.8) is 0 Å². The Bertz CT molecular complexity index is 423. The van der Waals surface area contributed by atoms with Crippen molar-refractivity contribution in [2.45, 2.75) is 135 Å². The standard InChI is InChI=1S/C28H62N2O2.2BrH/c1-7-9-11-13-15-17-19-21-23-29(3,4)26-27(31)25-28(32)30(5,6)24-22-20-18-16-14-12-10-8-2;;/h27-28,31-32H,7-26H2,1-6H3;2*1H/q+2;;/p-2. The number of aliphatic hydroxyl groups excluding tert-OH is 2. The quantitative estimate of drug-likeness (QED) is 0.0996. The van der Waals surface area contributed by atoms with Crippen molar-refractivity contribution >= 4 is 0 Å². The highest BCUT2D eigenvalue weighted by Crippen LogP contribution is 2.17. The Hall–Kier alpha value is 0.800. The van der Waals surface area contributed by atoms with Crippen LogP contribution in [0.2, 0.25) is 0 Å². The van der Waals surface area contributed by atoms with Crippen LogP contribution in [-0.4, -0.2) is 79.3 Å². The first kappa shape index (κ1) is 39.3. The molecule has 0 rings (SSSR count). The molecule has 0 fully saturated rings. The van der Waals surface area contributed by atoms with E-state index in [1.807, 2.05) is 0 Å². The van der Waals surface area contributed by atoms with Gasteiger partial charge in [0.15, 0.2) is 6.23 Å². The summed E-state index contributed by atoms with van der Waals surface area (Å²) in [5.41, 5.74) is 0.